The zero-order valence-electron chi connectivity index (χ0n) is 18.9. The summed E-state index contributed by atoms with van der Waals surface area (Å²) in [4.78, 5) is 40.5. The van der Waals surface area contributed by atoms with Crippen molar-refractivity contribution < 1.29 is 23.5 Å². The van der Waals surface area contributed by atoms with E-state index in [4.69, 9.17) is 9.15 Å². The molecule has 3 amide bonds. The molecule has 0 saturated carbocycles. The number of ether oxygens (including phenoxy) is 1. The molecule has 1 fully saturated rings. The number of benzene rings is 1. The normalized spacial score (nSPS) is 15.2. The van der Waals surface area contributed by atoms with Gasteiger partial charge in [-0.3, -0.25) is 14.4 Å². The highest BCUT2D eigenvalue weighted by Gasteiger charge is 2.30. The fourth-order valence-electron chi connectivity index (χ4n) is 3.76. The van der Waals surface area contributed by atoms with Crippen LogP contribution in [0.5, 0.6) is 5.75 Å². The van der Waals surface area contributed by atoms with Crippen molar-refractivity contribution in [2.75, 3.05) is 33.8 Å². The van der Waals surface area contributed by atoms with Crippen molar-refractivity contribution in [3.05, 3.63) is 54.0 Å². The van der Waals surface area contributed by atoms with Crippen LogP contribution in [0.25, 0.3) is 0 Å². The number of para-hydroxylation sites is 1. The summed E-state index contributed by atoms with van der Waals surface area (Å²) >= 11 is 0. The first kappa shape index (κ1) is 23.4. The van der Waals surface area contributed by atoms with Crippen LogP contribution in [0.15, 0.2) is 47.1 Å². The van der Waals surface area contributed by atoms with Gasteiger partial charge in [-0.15, -0.1) is 0 Å². The molecule has 0 aliphatic carbocycles. The van der Waals surface area contributed by atoms with Gasteiger partial charge in [-0.1, -0.05) is 25.1 Å². The number of hydrogen-bond donors (Lipinski definition) is 1. The minimum absolute atomic E-state index is 0.0267. The monoisotopic (exact) mass is 441 g/mol. The van der Waals surface area contributed by atoms with E-state index in [2.05, 4.69) is 5.32 Å². The first-order chi connectivity index (χ1) is 15.4. The largest absolute Gasteiger partial charge is 0.483 e. The molecule has 1 aromatic heterocycles. The molecule has 1 aliphatic heterocycles. The Hall–Kier alpha value is -3.29. The number of likely N-dealkylation sites (N-methyl/N-ethyl adjacent to an activating group) is 1. The highest BCUT2D eigenvalue weighted by atomic mass is 16.5. The molecule has 0 radical (unpaired) electrons. The van der Waals surface area contributed by atoms with Gasteiger partial charge in [-0.2, -0.15) is 0 Å². The van der Waals surface area contributed by atoms with E-state index in [1.165, 1.54) is 11.2 Å². The summed E-state index contributed by atoms with van der Waals surface area (Å²) < 4.78 is 10.9. The van der Waals surface area contributed by atoms with E-state index in [1.807, 2.05) is 31.2 Å². The van der Waals surface area contributed by atoms with Crippen molar-refractivity contribution in [3.63, 3.8) is 0 Å². The number of carbonyl (C=O) groups is 3. The Bertz CT molecular complexity index is 917. The van der Waals surface area contributed by atoms with E-state index < -0.39 is 0 Å². The molecule has 32 heavy (non-hydrogen) atoms. The summed E-state index contributed by atoms with van der Waals surface area (Å²) in [6, 6.07) is 10.6. The lowest BCUT2D eigenvalue weighted by Gasteiger charge is -2.32. The second kappa shape index (κ2) is 10.8. The van der Waals surface area contributed by atoms with Crippen molar-refractivity contribution in [3.8, 4) is 5.75 Å². The van der Waals surface area contributed by atoms with Gasteiger partial charge < -0.3 is 24.3 Å². The number of piperidine rings is 1. The van der Waals surface area contributed by atoms with Gasteiger partial charge in [0.25, 0.3) is 11.8 Å². The van der Waals surface area contributed by atoms with Gasteiger partial charge in [-0.05, 0) is 37.5 Å². The smallest absolute Gasteiger partial charge is 0.289 e. The van der Waals surface area contributed by atoms with E-state index >= 15 is 0 Å². The molecule has 0 spiro atoms. The minimum Gasteiger partial charge on any atom is -0.483 e. The lowest BCUT2D eigenvalue weighted by molar-refractivity contribution is -0.131. The number of carbonyl (C=O) groups excluding carboxylic acids is 3. The molecule has 1 saturated heterocycles. The number of nitrogens with zero attached hydrogens (tertiary/aromatic N) is 2. The zero-order chi connectivity index (χ0) is 23.1. The zero-order valence-corrected chi connectivity index (χ0v) is 18.9. The van der Waals surface area contributed by atoms with E-state index in [-0.39, 0.29) is 36.3 Å². The van der Waals surface area contributed by atoms with Crippen molar-refractivity contribution in [1.29, 1.82) is 0 Å². The van der Waals surface area contributed by atoms with Gasteiger partial charge >= 0.3 is 0 Å². The second-order valence-corrected chi connectivity index (χ2v) is 8.13. The summed E-state index contributed by atoms with van der Waals surface area (Å²) in [7, 11) is 3.36. The molecule has 172 valence electrons. The van der Waals surface area contributed by atoms with Crippen LogP contribution >= 0.6 is 0 Å². The maximum absolute atomic E-state index is 13.0. The van der Waals surface area contributed by atoms with Crippen LogP contribution in [0.1, 0.15) is 48.3 Å². The molecule has 1 aliphatic rings. The summed E-state index contributed by atoms with van der Waals surface area (Å²) in [5, 5.41) is 3.14. The number of amides is 3. The predicted molar refractivity (Wildman–Crippen MR) is 119 cm³/mol. The highest BCUT2D eigenvalue weighted by molar-refractivity contribution is 5.91. The van der Waals surface area contributed by atoms with E-state index in [9.17, 15) is 14.4 Å². The van der Waals surface area contributed by atoms with Crippen LogP contribution in [-0.2, 0) is 9.59 Å². The topological polar surface area (TPSA) is 92.1 Å². The lowest BCUT2D eigenvalue weighted by Crippen LogP contribution is -2.43. The van der Waals surface area contributed by atoms with Crippen LogP contribution in [0, 0.1) is 5.92 Å². The first-order valence-electron chi connectivity index (χ1n) is 11.0. The fourth-order valence-corrected chi connectivity index (χ4v) is 3.76. The summed E-state index contributed by atoms with van der Waals surface area (Å²) in [6.07, 6.45) is 3.37. The summed E-state index contributed by atoms with van der Waals surface area (Å²) in [5.74, 6) is 0.456. The van der Waals surface area contributed by atoms with Crippen LogP contribution in [0.2, 0.25) is 0 Å². The molecular formula is C24H31N3O5. The van der Waals surface area contributed by atoms with Crippen molar-refractivity contribution >= 4 is 17.7 Å². The minimum atomic E-state index is -0.226. The van der Waals surface area contributed by atoms with Crippen LogP contribution in [-0.4, -0.2) is 61.3 Å². The van der Waals surface area contributed by atoms with E-state index in [0.29, 0.717) is 43.9 Å². The van der Waals surface area contributed by atoms with Crippen molar-refractivity contribution in [2.45, 2.75) is 32.2 Å². The van der Waals surface area contributed by atoms with Gasteiger partial charge in [-0.25, -0.2) is 0 Å². The summed E-state index contributed by atoms with van der Waals surface area (Å²) in [6.45, 7) is 2.97. The first-order valence-corrected chi connectivity index (χ1v) is 11.0. The molecule has 8 nitrogen and oxygen atoms in total. The maximum Gasteiger partial charge on any atom is 0.289 e. The standard InChI is InChI=1S/C24H31N3O5/c1-4-19(18-8-5-6-9-20(18)32-16-22(28)26(2)3)25-23(29)17-11-13-27(14-12-17)24(30)21-10-7-15-31-21/h5-10,15,17,19H,4,11-14,16H2,1-3H3,(H,25,29). The van der Waals surface area contributed by atoms with Gasteiger partial charge in [0.15, 0.2) is 12.4 Å². The Labute approximate surface area is 188 Å². The molecule has 8 heteroatoms. The SMILES string of the molecule is CCC(NC(=O)C1CCN(C(=O)c2ccco2)CC1)c1ccccc1OCC(=O)N(C)C. The van der Waals surface area contributed by atoms with Crippen molar-refractivity contribution in [1.82, 2.24) is 15.1 Å². The number of hydrogen-bond acceptors (Lipinski definition) is 5. The number of likely N-dealkylation sites (tertiary alicyclic amines) is 1. The Kier molecular flexibility index (Phi) is 7.92. The lowest BCUT2D eigenvalue weighted by atomic mass is 9.94. The number of rotatable bonds is 8. The third kappa shape index (κ3) is 5.69. The average Bonchev–Trinajstić information content (AvgIpc) is 3.35. The molecule has 2 heterocycles. The third-order valence-electron chi connectivity index (χ3n) is 5.75. The third-order valence-corrected chi connectivity index (χ3v) is 5.75. The average molecular weight is 442 g/mol. The Morgan fingerprint density at radius 3 is 2.50 bits per heavy atom. The van der Waals surface area contributed by atoms with Gasteiger partial charge in [0.1, 0.15) is 5.75 Å². The molecule has 1 N–H and O–H groups in total. The molecule has 1 atom stereocenters. The molecule has 0 bridgehead atoms. The number of nitrogens with one attached hydrogen (secondary N) is 1. The Morgan fingerprint density at radius 1 is 1.16 bits per heavy atom. The second-order valence-electron chi connectivity index (χ2n) is 8.13. The maximum atomic E-state index is 13.0. The Balaban J connectivity index is 1.58. The highest BCUT2D eigenvalue weighted by Crippen LogP contribution is 2.28. The van der Waals surface area contributed by atoms with Crippen LogP contribution < -0.4 is 10.1 Å². The molecule has 1 unspecified atom stereocenters. The molecule has 3 rings (SSSR count). The van der Waals surface area contributed by atoms with Crippen molar-refractivity contribution in [2.24, 2.45) is 5.92 Å². The molecule has 2 aromatic rings. The van der Waals surface area contributed by atoms with E-state index in [0.717, 1.165) is 5.56 Å². The fraction of sp³-hybridized carbons (Fsp3) is 0.458. The van der Waals surface area contributed by atoms with E-state index in [1.54, 1.807) is 31.1 Å². The van der Waals surface area contributed by atoms with Gasteiger partial charge in [0, 0.05) is 38.7 Å². The van der Waals surface area contributed by atoms with Crippen LogP contribution in [0.4, 0.5) is 0 Å². The molecule has 1 aromatic carbocycles. The van der Waals surface area contributed by atoms with Crippen LogP contribution in [0.3, 0.4) is 0 Å². The quantitative estimate of drug-likeness (QED) is 0.680. The van der Waals surface area contributed by atoms with Gasteiger partial charge in [0.05, 0.1) is 12.3 Å². The predicted octanol–water partition coefficient (Wildman–Crippen LogP) is 2.87. The molecular weight excluding hydrogens is 410 g/mol. The summed E-state index contributed by atoms with van der Waals surface area (Å²) in [5.41, 5.74) is 0.848. The Morgan fingerprint density at radius 2 is 1.88 bits per heavy atom. The van der Waals surface area contributed by atoms with Gasteiger partial charge in [0.2, 0.25) is 5.91 Å². The number of furan rings is 1.